The van der Waals surface area contributed by atoms with Gasteiger partial charge in [0.2, 0.25) is 0 Å². The van der Waals surface area contributed by atoms with E-state index in [-0.39, 0.29) is 0 Å². The average molecular weight is 415 g/mol. The first kappa shape index (κ1) is 18.2. The first-order valence-electron chi connectivity index (χ1n) is 10.5. The highest BCUT2D eigenvalue weighted by atomic mass is 35.5. The lowest BCUT2D eigenvalue weighted by molar-refractivity contribution is 1.61. The van der Waals surface area contributed by atoms with Gasteiger partial charge in [0.05, 0.1) is 0 Å². The number of halogens is 1. The lowest BCUT2D eigenvalue weighted by Gasteiger charge is -2.13. The first-order valence-corrected chi connectivity index (χ1v) is 10.8. The van der Waals surface area contributed by atoms with Gasteiger partial charge in [0.1, 0.15) is 0 Å². The standard InChI is InChI=1S/C30H19Cl/c31-26-15-16-28(24-13-9-20-5-1-2-7-23(20)17-24)30(19-26)25-14-12-22-11-10-21-6-3-4-8-27(21)29(22)18-25/h1-19H. The van der Waals surface area contributed by atoms with Crippen molar-refractivity contribution in [2.75, 3.05) is 0 Å². The monoisotopic (exact) mass is 414 g/mol. The third-order valence-corrected chi connectivity index (χ3v) is 6.33. The molecule has 0 heterocycles. The molecule has 0 saturated carbocycles. The number of fused-ring (bicyclic) bond motifs is 4. The van der Waals surface area contributed by atoms with Crippen molar-refractivity contribution in [1.82, 2.24) is 0 Å². The Kier molecular flexibility index (Phi) is 4.26. The van der Waals surface area contributed by atoms with E-state index in [0.29, 0.717) is 0 Å². The summed E-state index contributed by atoms with van der Waals surface area (Å²) >= 11 is 6.46. The van der Waals surface area contributed by atoms with Crippen LogP contribution in [0.25, 0.3) is 54.6 Å². The third kappa shape index (κ3) is 3.17. The minimum Gasteiger partial charge on any atom is -0.0843 e. The van der Waals surface area contributed by atoms with Gasteiger partial charge in [0.25, 0.3) is 0 Å². The minimum absolute atomic E-state index is 0.748. The molecular formula is C30H19Cl. The molecule has 0 aliphatic rings. The van der Waals surface area contributed by atoms with E-state index in [1.54, 1.807) is 0 Å². The Morgan fingerprint density at radius 1 is 0.387 bits per heavy atom. The van der Waals surface area contributed by atoms with Crippen molar-refractivity contribution >= 4 is 43.9 Å². The predicted octanol–water partition coefficient (Wildman–Crippen LogP) is 9.13. The fourth-order valence-corrected chi connectivity index (χ4v) is 4.71. The van der Waals surface area contributed by atoms with Gasteiger partial charge in [-0.3, -0.25) is 0 Å². The molecule has 0 bridgehead atoms. The molecule has 1 heteroatoms. The fraction of sp³-hybridized carbons (Fsp3) is 0. The molecule has 0 spiro atoms. The Labute approximate surface area is 186 Å². The quantitative estimate of drug-likeness (QED) is 0.248. The Balaban J connectivity index is 1.60. The molecule has 31 heavy (non-hydrogen) atoms. The van der Waals surface area contributed by atoms with Crippen LogP contribution in [0, 0.1) is 0 Å². The summed E-state index contributed by atoms with van der Waals surface area (Å²) < 4.78 is 0. The molecule has 0 nitrogen and oxygen atoms in total. The Bertz CT molecular complexity index is 1590. The zero-order chi connectivity index (χ0) is 20.8. The lowest BCUT2D eigenvalue weighted by atomic mass is 9.91. The van der Waals surface area contributed by atoms with Crippen LogP contribution in [0.5, 0.6) is 0 Å². The van der Waals surface area contributed by atoms with Crippen molar-refractivity contribution < 1.29 is 0 Å². The van der Waals surface area contributed by atoms with E-state index < -0.39 is 0 Å². The largest absolute Gasteiger partial charge is 0.0843 e. The molecule has 0 N–H and O–H groups in total. The van der Waals surface area contributed by atoms with Crippen LogP contribution in [0.1, 0.15) is 0 Å². The third-order valence-electron chi connectivity index (χ3n) is 6.10. The van der Waals surface area contributed by atoms with Crippen LogP contribution in [-0.4, -0.2) is 0 Å². The van der Waals surface area contributed by atoms with Gasteiger partial charge < -0.3 is 0 Å². The second kappa shape index (κ2) is 7.27. The maximum atomic E-state index is 6.46. The van der Waals surface area contributed by atoms with Gasteiger partial charge in [-0.15, -0.1) is 0 Å². The summed E-state index contributed by atoms with van der Waals surface area (Å²) in [6.45, 7) is 0. The number of hydrogen-bond donors (Lipinski definition) is 0. The Hall–Kier alpha value is -3.61. The maximum absolute atomic E-state index is 6.46. The van der Waals surface area contributed by atoms with Gasteiger partial charge in [-0.2, -0.15) is 0 Å². The lowest BCUT2D eigenvalue weighted by Crippen LogP contribution is -1.87. The highest BCUT2D eigenvalue weighted by Gasteiger charge is 2.11. The summed E-state index contributed by atoms with van der Waals surface area (Å²) in [5.41, 5.74) is 4.71. The summed E-state index contributed by atoms with van der Waals surface area (Å²) in [5, 5.41) is 8.28. The highest BCUT2D eigenvalue weighted by Crippen LogP contribution is 2.37. The van der Waals surface area contributed by atoms with Crippen LogP contribution in [0.15, 0.2) is 115 Å². The molecule has 0 saturated heterocycles. The topological polar surface area (TPSA) is 0 Å². The van der Waals surface area contributed by atoms with Crippen molar-refractivity contribution in [2.45, 2.75) is 0 Å². The molecule has 146 valence electrons. The predicted molar refractivity (Wildman–Crippen MR) is 135 cm³/mol. The minimum atomic E-state index is 0.748. The second-order valence-corrected chi connectivity index (χ2v) is 8.41. The van der Waals surface area contributed by atoms with Crippen molar-refractivity contribution in [3.63, 3.8) is 0 Å². The SMILES string of the molecule is Clc1ccc(-c2ccc3ccccc3c2)c(-c2ccc3ccc4ccccc4c3c2)c1. The molecule has 6 rings (SSSR count). The summed E-state index contributed by atoms with van der Waals surface area (Å²) in [7, 11) is 0. The molecule has 0 aliphatic heterocycles. The molecular weight excluding hydrogens is 396 g/mol. The molecule has 6 aromatic carbocycles. The number of rotatable bonds is 2. The first-order chi connectivity index (χ1) is 15.3. The van der Waals surface area contributed by atoms with Gasteiger partial charge in [-0.1, -0.05) is 103 Å². The van der Waals surface area contributed by atoms with Crippen molar-refractivity contribution in [3.8, 4) is 22.3 Å². The number of benzene rings is 6. The molecule has 0 aliphatic carbocycles. The van der Waals surface area contributed by atoms with Crippen molar-refractivity contribution in [2.24, 2.45) is 0 Å². The Morgan fingerprint density at radius 3 is 1.84 bits per heavy atom. The summed E-state index contributed by atoms with van der Waals surface area (Å²) in [6, 6.07) is 41.0. The number of hydrogen-bond acceptors (Lipinski definition) is 0. The van der Waals surface area contributed by atoms with Crippen LogP contribution in [-0.2, 0) is 0 Å². The maximum Gasteiger partial charge on any atom is 0.0412 e. The van der Waals surface area contributed by atoms with Crippen molar-refractivity contribution in [3.05, 3.63) is 120 Å². The molecule has 0 aromatic heterocycles. The smallest absolute Gasteiger partial charge is 0.0412 e. The van der Waals surface area contributed by atoms with Crippen LogP contribution in [0.3, 0.4) is 0 Å². The normalized spacial score (nSPS) is 11.4. The van der Waals surface area contributed by atoms with Gasteiger partial charge in [-0.25, -0.2) is 0 Å². The molecule has 0 atom stereocenters. The zero-order valence-corrected chi connectivity index (χ0v) is 17.6. The van der Waals surface area contributed by atoms with Gasteiger partial charge in [0.15, 0.2) is 0 Å². The van der Waals surface area contributed by atoms with Gasteiger partial charge in [0, 0.05) is 5.02 Å². The van der Waals surface area contributed by atoms with E-state index in [2.05, 4.69) is 109 Å². The van der Waals surface area contributed by atoms with Gasteiger partial charge >= 0.3 is 0 Å². The Morgan fingerprint density at radius 2 is 1.00 bits per heavy atom. The van der Waals surface area contributed by atoms with Crippen LogP contribution in [0.4, 0.5) is 0 Å². The highest BCUT2D eigenvalue weighted by molar-refractivity contribution is 6.31. The average Bonchev–Trinajstić information content (AvgIpc) is 2.83. The van der Waals surface area contributed by atoms with E-state index in [4.69, 9.17) is 11.6 Å². The van der Waals surface area contributed by atoms with E-state index in [0.717, 1.165) is 10.6 Å². The molecule has 0 unspecified atom stereocenters. The van der Waals surface area contributed by atoms with Crippen molar-refractivity contribution in [1.29, 1.82) is 0 Å². The molecule has 0 fully saturated rings. The molecule has 6 aromatic rings. The van der Waals surface area contributed by atoms with E-state index in [9.17, 15) is 0 Å². The molecule has 0 amide bonds. The summed E-state index contributed by atoms with van der Waals surface area (Å²) in [5.74, 6) is 0. The fourth-order valence-electron chi connectivity index (χ4n) is 4.53. The van der Waals surface area contributed by atoms with E-state index in [1.807, 2.05) is 6.07 Å². The molecule has 0 radical (unpaired) electrons. The van der Waals surface area contributed by atoms with E-state index in [1.165, 1.54) is 49.0 Å². The summed E-state index contributed by atoms with van der Waals surface area (Å²) in [4.78, 5) is 0. The zero-order valence-electron chi connectivity index (χ0n) is 16.8. The van der Waals surface area contributed by atoms with Crippen LogP contribution >= 0.6 is 11.6 Å². The van der Waals surface area contributed by atoms with Crippen LogP contribution in [0.2, 0.25) is 5.02 Å². The second-order valence-electron chi connectivity index (χ2n) is 7.97. The van der Waals surface area contributed by atoms with E-state index >= 15 is 0 Å². The summed E-state index contributed by atoms with van der Waals surface area (Å²) in [6.07, 6.45) is 0. The van der Waals surface area contributed by atoms with Gasteiger partial charge in [-0.05, 0) is 78.8 Å². The van der Waals surface area contributed by atoms with Crippen LogP contribution < -0.4 is 0 Å².